The number of aldehydes is 1. The number of hydrogen-bond donors (Lipinski definition) is 0. The molecule has 1 aromatic rings. The number of carbonyl (C=O) groups excluding carboxylic acids is 1. The van der Waals surface area contributed by atoms with Crippen LogP contribution >= 0.6 is 27.7 Å². The van der Waals surface area contributed by atoms with E-state index >= 15 is 0 Å². The van der Waals surface area contributed by atoms with E-state index in [0.717, 1.165) is 6.61 Å². The predicted octanol–water partition coefficient (Wildman–Crippen LogP) is 1.58. The van der Waals surface area contributed by atoms with Gasteiger partial charge in [-0.25, -0.2) is 4.98 Å². The highest BCUT2D eigenvalue weighted by molar-refractivity contribution is 9.10. The van der Waals surface area contributed by atoms with Crippen LogP contribution in [0, 0.1) is 0 Å². The quantitative estimate of drug-likeness (QED) is 0.478. The van der Waals surface area contributed by atoms with Crippen molar-refractivity contribution in [3.05, 3.63) is 21.0 Å². The van der Waals surface area contributed by atoms with Crippen molar-refractivity contribution in [3.63, 3.8) is 0 Å². The highest BCUT2D eigenvalue weighted by Gasteiger charge is 2.06. The van der Waals surface area contributed by atoms with E-state index < -0.39 is 0 Å². The highest BCUT2D eigenvalue weighted by atomic mass is 79.9. The number of hydrogen-bond acceptors (Lipinski definition) is 5. The van der Waals surface area contributed by atoms with Crippen molar-refractivity contribution in [2.75, 3.05) is 20.0 Å². The summed E-state index contributed by atoms with van der Waals surface area (Å²) in [5.41, 5.74) is -0.230. The molecule has 1 rings (SSSR count). The first-order chi connectivity index (χ1) is 8.12. The number of nitrogens with zero attached hydrogens (tertiary/aromatic N) is 2. The van der Waals surface area contributed by atoms with Crippen LogP contribution in [0.3, 0.4) is 0 Å². The number of carbonyl (C=O) groups is 1. The molecule has 1 aromatic heterocycles. The first-order valence-electron chi connectivity index (χ1n) is 4.84. The fraction of sp³-hybridized carbons (Fsp3) is 0.500. The first kappa shape index (κ1) is 16.3. The minimum absolute atomic E-state index is 0.0431. The van der Waals surface area contributed by atoms with Gasteiger partial charge in [-0.15, -0.1) is 0 Å². The van der Waals surface area contributed by atoms with E-state index in [2.05, 4.69) is 25.7 Å². The van der Waals surface area contributed by atoms with Crippen LogP contribution in [0.4, 0.5) is 0 Å². The normalized spacial score (nSPS) is 9.41. The second-order valence-electron chi connectivity index (χ2n) is 2.75. The summed E-state index contributed by atoms with van der Waals surface area (Å²) < 4.78 is 6.23. The highest BCUT2D eigenvalue weighted by Crippen LogP contribution is 2.10. The fourth-order valence-corrected chi connectivity index (χ4v) is 1.70. The zero-order valence-electron chi connectivity index (χ0n) is 9.97. The lowest BCUT2D eigenvalue weighted by atomic mass is 10.6. The van der Waals surface area contributed by atoms with E-state index in [4.69, 9.17) is 0 Å². The zero-order chi connectivity index (χ0) is 13.3. The Morgan fingerprint density at radius 3 is 2.65 bits per heavy atom. The van der Waals surface area contributed by atoms with Gasteiger partial charge in [0.1, 0.15) is 10.8 Å². The molecule has 0 fully saturated rings. The fourth-order valence-electron chi connectivity index (χ4n) is 0.851. The number of thioether (sulfide) groups is 1. The molecule has 0 saturated heterocycles. The summed E-state index contributed by atoms with van der Waals surface area (Å²) >= 11 is 4.39. The SMILES string of the molecule is CCOC.CSc1ncc(Br)c(=O)n1CC=O. The van der Waals surface area contributed by atoms with Gasteiger partial charge in [0, 0.05) is 19.9 Å². The molecule has 0 unspecified atom stereocenters. The van der Waals surface area contributed by atoms with Crippen molar-refractivity contribution >= 4 is 34.0 Å². The van der Waals surface area contributed by atoms with E-state index in [1.54, 1.807) is 13.4 Å². The molecule has 7 heteroatoms. The molecule has 17 heavy (non-hydrogen) atoms. The smallest absolute Gasteiger partial charge is 0.268 e. The van der Waals surface area contributed by atoms with E-state index in [1.165, 1.54) is 22.5 Å². The summed E-state index contributed by atoms with van der Waals surface area (Å²) in [4.78, 5) is 25.7. The van der Waals surface area contributed by atoms with Gasteiger partial charge in [0.05, 0.1) is 6.54 Å². The van der Waals surface area contributed by atoms with Gasteiger partial charge in [0.25, 0.3) is 5.56 Å². The molecule has 0 aromatic carbocycles. The Bertz CT molecular complexity index is 407. The van der Waals surface area contributed by atoms with Gasteiger partial charge >= 0.3 is 0 Å². The van der Waals surface area contributed by atoms with Crippen molar-refractivity contribution in [1.29, 1.82) is 0 Å². The number of ether oxygens (including phenoxy) is 1. The molecule has 0 amide bonds. The Labute approximate surface area is 113 Å². The van der Waals surface area contributed by atoms with Crippen molar-refractivity contribution in [2.45, 2.75) is 18.6 Å². The van der Waals surface area contributed by atoms with Crippen molar-refractivity contribution < 1.29 is 9.53 Å². The van der Waals surface area contributed by atoms with Crippen LogP contribution in [0.25, 0.3) is 0 Å². The maximum Gasteiger partial charge on any atom is 0.268 e. The van der Waals surface area contributed by atoms with Crippen LogP contribution < -0.4 is 5.56 Å². The molecule has 0 aliphatic rings. The third-order valence-electron chi connectivity index (χ3n) is 1.70. The largest absolute Gasteiger partial charge is 0.385 e. The average molecular weight is 323 g/mol. The zero-order valence-corrected chi connectivity index (χ0v) is 12.4. The minimum Gasteiger partial charge on any atom is -0.385 e. The number of aromatic nitrogens is 2. The van der Waals surface area contributed by atoms with Gasteiger partial charge < -0.3 is 9.53 Å². The van der Waals surface area contributed by atoms with Crippen LogP contribution in [0.2, 0.25) is 0 Å². The summed E-state index contributed by atoms with van der Waals surface area (Å²) in [6.07, 6.45) is 3.92. The van der Waals surface area contributed by atoms with E-state index in [9.17, 15) is 9.59 Å². The Hall–Kier alpha value is -0.660. The summed E-state index contributed by atoms with van der Waals surface area (Å²) in [6, 6.07) is 0. The maximum atomic E-state index is 11.4. The molecule has 5 nitrogen and oxygen atoms in total. The second-order valence-corrected chi connectivity index (χ2v) is 4.38. The Morgan fingerprint density at radius 2 is 2.24 bits per heavy atom. The second kappa shape index (κ2) is 9.38. The van der Waals surface area contributed by atoms with Crippen LogP contribution in [0.15, 0.2) is 20.6 Å². The Balaban J connectivity index is 0.000000557. The molecule has 0 saturated carbocycles. The first-order valence-corrected chi connectivity index (χ1v) is 6.86. The van der Waals surface area contributed by atoms with Crippen LogP contribution in [0.5, 0.6) is 0 Å². The Kier molecular flexibility index (Phi) is 9.01. The number of methoxy groups -OCH3 is 1. The van der Waals surface area contributed by atoms with Gasteiger partial charge in [-0.3, -0.25) is 9.36 Å². The molecule has 1 heterocycles. The van der Waals surface area contributed by atoms with Gasteiger partial charge in [0.15, 0.2) is 5.16 Å². The molecule has 0 N–H and O–H groups in total. The van der Waals surface area contributed by atoms with E-state index in [-0.39, 0.29) is 12.1 Å². The lowest BCUT2D eigenvalue weighted by Gasteiger charge is -2.05. The van der Waals surface area contributed by atoms with Crippen LogP contribution in [0.1, 0.15) is 6.92 Å². The lowest BCUT2D eigenvalue weighted by molar-refractivity contribution is -0.108. The van der Waals surface area contributed by atoms with Crippen LogP contribution in [-0.4, -0.2) is 35.8 Å². The van der Waals surface area contributed by atoms with Crippen LogP contribution in [-0.2, 0) is 16.1 Å². The lowest BCUT2D eigenvalue weighted by Crippen LogP contribution is -2.23. The van der Waals surface area contributed by atoms with E-state index in [0.29, 0.717) is 15.9 Å². The molecule has 0 aliphatic carbocycles. The topological polar surface area (TPSA) is 61.2 Å². The Morgan fingerprint density at radius 1 is 1.65 bits per heavy atom. The van der Waals surface area contributed by atoms with E-state index in [1.807, 2.05) is 6.92 Å². The molecule has 0 aliphatic heterocycles. The third-order valence-corrected chi connectivity index (χ3v) is 2.93. The molecular formula is C10H15BrN2O3S. The monoisotopic (exact) mass is 322 g/mol. The van der Waals surface area contributed by atoms with Gasteiger partial charge in [-0.2, -0.15) is 0 Å². The molecule has 0 bridgehead atoms. The molecule has 0 spiro atoms. The summed E-state index contributed by atoms with van der Waals surface area (Å²) in [7, 11) is 1.68. The summed E-state index contributed by atoms with van der Waals surface area (Å²) in [5, 5.41) is 0.542. The molecular weight excluding hydrogens is 308 g/mol. The molecule has 0 atom stereocenters. The van der Waals surface area contributed by atoms with Gasteiger partial charge in [0.2, 0.25) is 0 Å². The van der Waals surface area contributed by atoms with Gasteiger partial charge in [-0.1, -0.05) is 11.8 Å². The standard InChI is InChI=1S/C7H7BrN2O2S.C3H8O/c1-13-7-9-4-5(8)6(12)10(7)2-3-11;1-3-4-2/h3-4H,2H2,1H3;3H2,1-2H3. The molecule has 0 radical (unpaired) electrons. The average Bonchev–Trinajstić information content (AvgIpc) is 2.36. The third kappa shape index (κ3) is 5.47. The summed E-state index contributed by atoms with van der Waals surface area (Å²) in [6.45, 7) is 2.82. The van der Waals surface area contributed by atoms with Crippen molar-refractivity contribution in [2.24, 2.45) is 0 Å². The number of halogens is 1. The van der Waals surface area contributed by atoms with Crippen molar-refractivity contribution in [3.8, 4) is 0 Å². The maximum absolute atomic E-state index is 11.4. The molecule has 96 valence electrons. The predicted molar refractivity (Wildman–Crippen MR) is 71.6 cm³/mol. The number of rotatable bonds is 4. The van der Waals surface area contributed by atoms with Crippen molar-refractivity contribution in [1.82, 2.24) is 9.55 Å². The van der Waals surface area contributed by atoms with Gasteiger partial charge in [-0.05, 0) is 29.1 Å². The summed E-state index contributed by atoms with van der Waals surface area (Å²) in [5.74, 6) is 0. The minimum atomic E-state index is -0.230.